The predicted octanol–water partition coefficient (Wildman–Crippen LogP) is 8.04. The molecule has 2 aliphatic heterocycles. The Balaban J connectivity index is 1.38. The summed E-state index contributed by atoms with van der Waals surface area (Å²) in [6.45, 7) is 0. The molecule has 0 saturated carbocycles. The molecule has 2 heterocycles. The highest BCUT2D eigenvalue weighted by Gasteiger charge is 2.39. The van der Waals surface area contributed by atoms with Crippen molar-refractivity contribution in [3.63, 3.8) is 0 Å². The number of benzene rings is 6. The lowest BCUT2D eigenvalue weighted by molar-refractivity contribution is 0.485. The molecule has 4 heteroatoms. The quantitative estimate of drug-likeness (QED) is 0.222. The van der Waals surface area contributed by atoms with E-state index in [1.54, 1.807) is 0 Å². The summed E-state index contributed by atoms with van der Waals surface area (Å²) < 4.78 is 21.4. The van der Waals surface area contributed by atoms with E-state index in [4.69, 9.17) is 4.74 Å². The van der Waals surface area contributed by atoms with Gasteiger partial charge in [-0.25, -0.2) is 0 Å². The lowest BCUT2D eigenvalue weighted by Gasteiger charge is -2.35. The van der Waals surface area contributed by atoms with Crippen LogP contribution in [0.15, 0.2) is 133 Å². The lowest BCUT2D eigenvalue weighted by atomic mass is 9.91. The van der Waals surface area contributed by atoms with Crippen molar-refractivity contribution in [2.45, 2.75) is 0 Å². The number of anilines is 3. The summed E-state index contributed by atoms with van der Waals surface area (Å²) in [6, 6.07) is 45.0. The molecule has 0 aliphatic carbocycles. The molecule has 0 N–H and O–H groups in total. The van der Waals surface area contributed by atoms with Gasteiger partial charge in [-0.1, -0.05) is 91.0 Å². The standard InChI is InChI=1S/C34H22NO2P/c36-38(25-12-2-1-3-13-25)32-19-7-6-18-30(32)37-31-22-24(20-21-33(31)38)35-28-16-5-4-14-26(28)27-15-8-10-23-11-9-17-29(35)34(23)27/h1-22H. The van der Waals surface area contributed by atoms with Crippen LogP contribution in [0.4, 0.5) is 17.1 Å². The summed E-state index contributed by atoms with van der Waals surface area (Å²) in [7, 11) is -3.11. The van der Waals surface area contributed by atoms with Crippen molar-refractivity contribution in [2.24, 2.45) is 0 Å². The molecule has 2 aliphatic rings. The SMILES string of the molecule is O=P1(c2ccccc2)c2ccccc2Oc2cc(N3c4ccccc4-c4cccc5cccc3c45)ccc21. The third-order valence-corrected chi connectivity index (χ3v) is 10.8. The van der Waals surface area contributed by atoms with Crippen molar-refractivity contribution in [2.75, 3.05) is 4.90 Å². The lowest BCUT2D eigenvalue weighted by Crippen LogP contribution is -2.30. The number of fused-ring (bicyclic) bond motifs is 4. The van der Waals surface area contributed by atoms with Gasteiger partial charge in [-0.3, -0.25) is 0 Å². The van der Waals surface area contributed by atoms with Gasteiger partial charge in [-0.05, 0) is 47.3 Å². The molecule has 0 saturated heterocycles. The summed E-state index contributed by atoms with van der Waals surface area (Å²) in [4.78, 5) is 2.29. The third-order valence-electron chi connectivity index (χ3n) is 7.64. The van der Waals surface area contributed by atoms with Gasteiger partial charge in [0, 0.05) is 28.0 Å². The molecular weight excluding hydrogens is 485 g/mol. The number of ether oxygens (including phenoxy) is 1. The maximum absolute atomic E-state index is 15.0. The first-order valence-electron chi connectivity index (χ1n) is 12.7. The highest BCUT2D eigenvalue weighted by molar-refractivity contribution is 7.85. The summed E-state index contributed by atoms with van der Waals surface area (Å²) in [5, 5.41) is 4.72. The Morgan fingerprint density at radius 1 is 0.553 bits per heavy atom. The van der Waals surface area contributed by atoms with E-state index >= 15 is 0 Å². The van der Waals surface area contributed by atoms with Crippen LogP contribution in [0.1, 0.15) is 0 Å². The van der Waals surface area contributed by atoms with Gasteiger partial charge >= 0.3 is 0 Å². The first kappa shape index (κ1) is 21.5. The van der Waals surface area contributed by atoms with Gasteiger partial charge in [-0.15, -0.1) is 0 Å². The third kappa shape index (κ3) is 2.88. The second kappa shape index (κ2) is 7.95. The van der Waals surface area contributed by atoms with E-state index in [0.29, 0.717) is 11.5 Å². The van der Waals surface area contributed by atoms with Crippen LogP contribution < -0.4 is 25.6 Å². The van der Waals surface area contributed by atoms with Crippen LogP contribution in [0.25, 0.3) is 21.9 Å². The molecule has 0 aromatic heterocycles. The Morgan fingerprint density at radius 2 is 1.24 bits per heavy atom. The number of hydrogen-bond acceptors (Lipinski definition) is 3. The fraction of sp³-hybridized carbons (Fsp3) is 0. The maximum atomic E-state index is 15.0. The molecule has 0 amide bonds. The van der Waals surface area contributed by atoms with Gasteiger partial charge in [-0.2, -0.15) is 0 Å². The number of para-hydroxylation sites is 2. The van der Waals surface area contributed by atoms with Gasteiger partial charge in [0.1, 0.15) is 11.5 Å². The molecule has 8 rings (SSSR count). The van der Waals surface area contributed by atoms with E-state index in [-0.39, 0.29) is 0 Å². The topological polar surface area (TPSA) is 29.5 Å². The minimum Gasteiger partial charge on any atom is -0.456 e. The minimum absolute atomic E-state index is 0.636. The summed E-state index contributed by atoms with van der Waals surface area (Å²) in [6.07, 6.45) is 0. The van der Waals surface area contributed by atoms with Crippen molar-refractivity contribution >= 4 is 50.9 Å². The Labute approximate surface area is 220 Å². The molecular formula is C34H22NO2P. The van der Waals surface area contributed by atoms with Crippen LogP contribution in [0.3, 0.4) is 0 Å². The van der Waals surface area contributed by atoms with Crippen LogP contribution >= 0.6 is 7.14 Å². The van der Waals surface area contributed by atoms with Crippen molar-refractivity contribution < 1.29 is 9.30 Å². The Hall–Kier alpha value is -4.59. The largest absolute Gasteiger partial charge is 0.456 e. The second-order valence-corrected chi connectivity index (χ2v) is 12.4. The smallest absolute Gasteiger partial charge is 0.178 e. The van der Waals surface area contributed by atoms with Gasteiger partial charge < -0.3 is 14.2 Å². The Kier molecular flexibility index (Phi) is 4.50. The molecule has 1 unspecified atom stereocenters. The number of hydrogen-bond donors (Lipinski definition) is 0. The fourth-order valence-corrected chi connectivity index (χ4v) is 8.83. The van der Waals surface area contributed by atoms with Gasteiger partial charge in [0.15, 0.2) is 7.14 Å². The fourth-order valence-electron chi connectivity index (χ4n) is 5.99. The van der Waals surface area contributed by atoms with Gasteiger partial charge in [0.05, 0.1) is 22.0 Å². The van der Waals surface area contributed by atoms with Crippen LogP contribution in [-0.2, 0) is 4.57 Å². The molecule has 38 heavy (non-hydrogen) atoms. The van der Waals surface area contributed by atoms with E-state index in [9.17, 15) is 4.57 Å². The van der Waals surface area contributed by atoms with Gasteiger partial charge in [0.25, 0.3) is 0 Å². The Morgan fingerprint density at radius 3 is 2.13 bits per heavy atom. The van der Waals surface area contributed by atoms with E-state index in [0.717, 1.165) is 33.0 Å². The van der Waals surface area contributed by atoms with E-state index in [1.165, 1.54) is 21.9 Å². The van der Waals surface area contributed by atoms with Crippen molar-refractivity contribution in [1.82, 2.24) is 0 Å². The highest BCUT2D eigenvalue weighted by Crippen LogP contribution is 2.54. The zero-order valence-electron chi connectivity index (χ0n) is 20.4. The molecule has 180 valence electrons. The molecule has 0 bridgehead atoms. The summed E-state index contributed by atoms with van der Waals surface area (Å²) in [5.41, 5.74) is 5.63. The van der Waals surface area contributed by atoms with Gasteiger partial charge in [0.2, 0.25) is 0 Å². The van der Waals surface area contributed by atoms with Crippen molar-refractivity contribution in [1.29, 1.82) is 0 Å². The van der Waals surface area contributed by atoms with E-state index in [1.807, 2.05) is 66.7 Å². The predicted molar refractivity (Wildman–Crippen MR) is 157 cm³/mol. The first-order chi connectivity index (χ1) is 18.7. The molecule has 0 radical (unpaired) electrons. The number of rotatable bonds is 2. The Bertz CT molecular complexity index is 1940. The summed E-state index contributed by atoms with van der Waals surface area (Å²) >= 11 is 0. The molecule has 1 atom stereocenters. The monoisotopic (exact) mass is 507 g/mol. The summed E-state index contributed by atoms with van der Waals surface area (Å²) in [5.74, 6) is 1.28. The molecule has 6 aromatic rings. The zero-order chi connectivity index (χ0) is 25.3. The first-order valence-corrected chi connectivity index (χ1v) is 14.4. The highest BCUT2D eigenvalue weighted by atomic mass is 31.2. The van der Waals surface area contributed by atoms with Crippen molar-refractivity contribution in [3.8, 4) is 22.6 Å². The van der Waals surface area contributed by atoms with E-state index in [2.05, 4.69) is 71.6 Å². The minimum atomic E-state index is -3.11. The van der Waals surface area contributed by atoms with Crippen LogP contribution in [-0.4, -0.2) is 0 Å². The normalized spacial score (nSPS) is 16.8. The molecule has 0 fully saturated rings. The average molecular weight is 508 g/mol. The number of nitrogens with zero attached hydrogens (tertiary/aromatic N) is 1. The van der Waals surface area contributed by atoms with Crippen molar-refractivity contribution in [3.05, 3.63) is 133 Å². The van der Waals surface area contributed by atoms with Crippen LogP contribution in [0.5, 0.6) is 11.5 Å². The van der Waals surface area contributed by atoms with E-state index < -0.39 is 7.14 Å². The maximum Gasteiger partial charge on any atom is 0.178 e. The molecule has 3 nitrogen and oxygen atoms in total. The average Bonchev–Trinajstić information content (AvgIpc) is 2.98. The molecule has 6 aromatic carbocycles. The zero-order valence-corrected chi connectivity index (χ0v) is 21.3. The second-order valence-electron chi connectivity index (χ2n) is 9.70. The van der Waals surface area contributed by atoms with Crippen LogP contribution in [0, 0.1) is 0 Å². The molecule has 0 spiro atoms. The van der Waals surface area contributed by atoms with Crippen LogP contribution in [0.2, 0.25) is 0 Å².